The van der Waals surface area contributed by atoms with Crippen molar-refractivity contribution in [3.8, 4) is 0 Å². The molecule has 0 aliphatic rings. The molecule has 0 saturated heterocycles. The lowest BCUT2D eigenvalue weighted by molar-refractivity contribution is -0.143. The van der Waals surface area contributed by atoms with E-state index >= 15 is 0 Å². The van der Waals surface area contributed by atoms with E-state index in [1.165, 1.54) is 64.2 Å². The third kappa shape index (κ3) is 17.7. The van der Waals surface area contributed by atoms with Crippen molar-refractivity contribution < 1.29 is 9.53 Å². The molecule has 1 atom stereocenters. The molecule has 0 fully saturated rings. The smallest absolute Gasteiger partial charge is 0.305 e. The van der Waals surface area contributed by atoms with E-state index in [0.29, 0.717) is 13.0 Å². The largest absolute Gasteiger partial charge is 0.466 e. The fraction of sp³-hybridized carbons (Fsp3) is 0.952. The summed E-state index contributed by atoms with van der Waals surface area (Å²) in [6.07, 6.45) is 16.1. The van der Waals surface area contributed by atoms with Gasteiger partial charge in [0, 0.05) is 6.42 Å². The molecular formula is C21H42O2. The van der Waals surface area contributed by atoms with Crippen LogP contribution in [0.2, 0.25) is 0 Å². The lowest BCUT2D eigenvalue weighted by atomic mass is 9.95. The first-order valence-corrected chi connectivity index (χ1v) is 10.2. The monoisotopic (exact) mass is 326 g/mol. The summed E-state index contributed by atoms with van der Waals surface area (Å²) in [5, 5.41) is 0. The molecule has 0 aliphatic heterocycles. The summed E-state index contributed by atoms with van der Waals surface area (Å²) in [6, 6.07) is 0. The van der Waals surface area contributed by atoms with Gasteiger partial charge >= 0.3 is 5.97 Å². The quantitative estimate of drug-likeness (QED) is 0.227. The third-order valence-electron chi connectivity index (χ3n) is 4.54. The molecule has 0 heterocycles. The Morgan fingerprint density at radius 3 is 1.96 bits per heavy atom. The molecule has 138 valence electrons. The van der Waals surface area contributed by atoms with Gasteiger partial charge in [0.2, 0.25) is 0 Å². The summed E-state index contributed by atoms with van der Waals surface area (Å²) in [5.41, 5.74) is 0. The van der Waals surface area contributed by atoms with Crippen LogP contribution >= 0.6 is 0 Å². The van der Waals surface area contributed by atoms with Crippen LogP contribution in [0.1, 0.15) is 111 Å². The maximum Gasteiger partial charge on any atom is 0.305 e. The minimum Gasteiger partial charge on any atom is -0.466 e. The van der Waals surface area contributed by atoms with Crippen LogP contribution < -0.4 is 0 Å². The Bertz CT molecular complexity index is 261. The fourth-order valence-corrected chi connectivity index (χ4v) is 2.96. The van der Waals surface area contributed by atoms with Crippen LogP contribution in [0.3, 0.4) is 0 Å². The van der Waals surface area contributed by atoms with Crippen LogP contribution in [0.5, 0.6) is 0 Å². The standard InChI is InChI=1S/C21H42O2/c1-5-14-21(22)23-18-12-10-8-6-7-9-11-16-20(4)17-13-15-19(2)3/h19-20H,5-18H2,1-4H3. The van der Waals surface area contributed by atoms with Crippen molar-refractivity contribution >= 4 is 5.97 Å². The molecule has 0 aromatic heterocycles. The van der Waals surface area contributed by atoms with E-state index in [-0.39, 0.29) is 5.97 Å². The zero-order chi connectivity index (χ0) is 17.3. The number of rotatable bonds is 16. The van der Waals surface area contributed by atoms with Gasteiger partial charge in [0.1, 0.15) is 0 Å². The Kier molecular flexibility index (Phi) is 16.0. The fourth-order valence-electron chi connectivity index (χ4n) is 2.96. The predicted octanol–water partition coefficient (Wildman–Crippen LogP) is 6.91. The average molecular weight is 327 g/mol. The van der Waals surface area contributed by atoms with Crippen molar-refractivity contribution in [1.29, 1.82) is 0 Å². The highest BCUT2D eigenvalue weighted by atomic mass is 16.5. The number of unbranched alkanes of at least 4 members (excludes halogenated alkanes) is 6. The average Bonchev–Trinajstić information content (AvgIpc) is 2.49. The Hall–Kier alpha value is -0.530. The van der Waals surface area contributed by atoms with Gasteiger partial charge < -0.3 is 4.74 Å². The zero-order valence-electron chi connectivity index (χ0n) is 16.4. The Morgan fingerprint density at radius 2 is 1.35 bits per heavy atom. The number of esters is 1. The van der Waals surface area contributed by atoms with E-state index in [0.717, 1.165) is 24.7 Å². The molecule has 0 bridgehead atoms. The molecule has 1 unspecified atom stereocenters. The minimum absolute atomic E-state index is 0.0324. The topological polar surface area (TPSA) is 26.3 Å². The van der Waals surface area contributed by atoms with Crippen molar-refractivity contribution in [3.63, 3.8) is 0 Å². The SMILES string of the molecule is CCCC(=O)OCCCCCCCCCC(C)CCCC(C)C. The zero-order valence-corrected chi connectivity index (χ0v) is 16.4. The van der Waals surface area contributed by atoms with Crippen LogP contribution in [0.15, 0.2) is 0 Å². The summed E-state index contributed by atoms with van der Waals surface area (Å²) in [5.74, 6) is 1.74. The van der Waals surface area contributed by atoms with Gasteiger partial charge in [0.05, 0.1) is 6.61 Å². The van der Waals surface area contributed by atoms with Crippen LogP contribution in [0.4, 0.5) is 0 Å². The normalized spacial score (nSPS) is 12.6. The van der Waals surface area contributed by atoms with E-state index < -0.39 is 0 Å². The van der Waals surface area contributed by atoms with Crippen molar-refractivity contribution in [3.05, 3.63) is 0 Å². The molecule has 0 aliphatic carbocycles. The van der Waals surface area contributed by atoms with Gasteiger partial charge in [0.25, 0.3) is 0 Å². The van der Waals surface area contributed by atoms with Gasteiger partial charge in [-0.25, -0.2) is 0 Å². The number of ether oxygens (including phenoxy) is 1. The Labute approximate surface area is 145 Å². The van der Waals surface area contributed by atoms with E-state index in [1.54, 1.807) is 0 Å². The maximum absolute atomic E-state index is 11.2. The molecule has 0 spiro atoms. The Balaban J connectivity index is 3.19. The third-order valence-corrected chi connectivity index (χ3v) is 4.54. The van der Waals surface area contributed by atoms with Crippen molar-refractivity contribution in [2.24, 2.45) is 11.8 Å². The second kappa shape index (κ2) is 16.3. The van der Waals surface area contributed by atoms with Crippen LogP contribution in [0, 0.1) is 11.8 Å². The molecule has 0 saturated carbocycles. The summed E-state index contributed by atoms with van der Waals surface area (Å²) in [4.78, 5) is 11.2. The number of hydrogen-bond donors (Lipinski definition) is 0. The number of carbonyl (C=O) groups excluding carboxylic acids is 1. The van der Waals surface area contributed by atoms with Gasteiger partial charge in [-0.1, -0.05) is 91.9 Å². The van der Waals surface area contributed by atoms with Gasteiger partial charge in [-0.3, -0.25) is 4.79 Å². The van der Waals surface area contributed by atoms with Crippen molar-refractivity contribution in [2.45, 2.75) is 111 Å². The number of hydrogen-bond acceptors (Lipinski definition) is 2. The van der Waals surface area contributed by atoms with E-state index in [1.807, 2.05) is 6.92 Å². The second-order valence-electron chi connectivity index (χ2n) is 7.66. The highest BCUT2D eigenvalue weighted by molar-refractivity contribution is 5.69. The van der Waals surface area contributed by atoms with Crippen molar-refractivity contribution in [1.82, 2.24) is 0 Å². The lowest BCUT2D eigenvalue weighted by Gasteiger charge is -2.12. The van der Waals surface area contributed by atoms with E-state index in [2.05, 4.69) is 20.8 Å². The summed E-state index contributed by atoms with van der Waals surface area (Å²) in [7, 11) is 0. The predicted molar refractivity (Wildman–Crippen MR) is 101 cm³/mol. The molecule has 0 aromatic rings. The lowest BCUT2D eigenvalue weighted by Crippen LogP contribution is -2.04. The number of carbonyl (C=O) groups is 1. The summed E-state index contributed by atoms with van der Waals surface area (Å²) in [6.45, 7) is 9.68. The molecule has 0 radical (unpaired) electrons. The van der Waals surface area contributed by atoms with Crippen LogP contribution in [-0.2, 0) is 9.53 Å². The molecule has 0 rings (SSSR count). The summed E-state index contributed by atoms with van der Waals surface area (Å²) < 4.78 is 5.16. The van der Waals surface area contributed by atoms with Crippen molar-refractivity contribution in [2.75, 3.05) is 6.61 Å². The van der Waals surface area contributed by atoms with Gasteiger partial charge in [-0.2, -0.15) is 0 Å². The van der Waals surface area contributed by atoms with Gasteiger partial charge in [-0.15, -0.1) is 0 Å². The van der Waals surface area contributed by atoms with Crippen LogP contribution in [0.25, 0.3) is 0 Å². The molecule has 2 nitrogen and oxygen atoms in total. The first-order valence-electron chi connectivity index (χ1n) is 10.2. The highest BCUT2D eigenvalue weighted by Crippen LogP contribution is 2.18. The molecule has 23 heavy (non-hydrogen) atoms. The minimum atomic E-state index is -0.0324. The van der Waals surface area contributed by atoms with Gasteiger partial charge in [0.15, 0.2) is 0 Å². The van der Waals surface area contributed by atoms with E-state index in [4.69, 9.17) is 4.74 Å². The molecular weight excluding hydrogens is 284 g/mol. The maximum atomic E-state index is 11.2. The molecule has 0 aromatic carbocycles. The van der Waals surface area contributed by atoms with E-state index in [9.17, 15) is 4.79 Å². The second-order valence-corrected chi connectivity index (χ2v) is 7.66. The van der Waals surface area contributed by atoms with Crippen LogP contribution in [-0.4, -0.2) is 12.6 Å². The summed E-state index contributed by atoms with van der Waals surface area (Å²) >= 11 is 0. The van der Waals surface area contributed by atoms with Gasteiger partial charge in [-0.05, 0) is 24.7 Å². The first kappa shape index (κ1) is 22.5. The Morgan fingerprint density at radius 1 is 0.783 bits per heavy atom. The first-order chi connectivity index (χ1) is 11.1. The molecule has 0 N–H and O–H groups in total. The molecule has 0 amide bonds. The molecule has 2 heteroatoms. The highest BCUT2D eigenvalue weighted by Gasteiger charge is 2.03.